The van der Waals surface area contributed by atoms with Crippen molar-refractivity contribution < 1.29 is 108 Å². The largest absolute Gasteiger partial charge is 0.508 e. The van der Waals surface area contributed by atoms with E-state index in [0.29, 0.717) is 17.9 Å². The highest BCUT2D eigenvalue weighted by molar-refractivity contribution is 6.32. The molecule has 0 aromatic heterocycles. The van der Waals surface area contributed by atoms with Crippen molar-refractivity contribution in [2.75, 3.05) is 26.7 Å². The highest BCUT2D eigenvalue weighted by atomic mass is 35.5. The molecule has 8 amide bonds. The van der Waals surface area contributed by atoms with Crippen molar-refractivity contribution in [1.29, 1.82) is 0 Å². The molecule has 7 aliphatic heterocycles. The maximum atomic E-state index is 16.4. The van der Waals surface area contributed by atoms with Gasteiger partial charge in [-0.25, -0.2) is 0 Å². The number of likely N-dealkylation sites (N-methyl/N-ethyl adjacent to an activating group) is 1. The lowest BCUT2D eigenvalue weighted by Crippen LogP contribution is -2.65. The molecule has 2 fully saturated rings. The molecule has 0 aliphatic carbocycles. The van der Waals surface area contributed by atoms with E-state index in [0.717, 1.165) is 77.4 Å². The number of primary amides is 1. The van der Waals surface area contributed by atoms with Crippen LogP contribution in [0.25, 0.3) is 32.7 Å². The van der Waals surface area contributed by atoms with Crippen LogP contribution < -0.4 is 73.5 Å². The number of phenolic OH excluding ortho intramolecular Hbond substituents is 3. The number of aromatic hydroxyl groups is 3. The quantitative estimate of drug-likeness (QED) is 0.0176. The summed E-state index contributed by atoms with van der Waals surface area (Å²) in [6.45, 7) is 6.66. The second-order valence-electron chi connectivity index (χ2n) is 30.9. The molecule has 122 heavy (non-hydrogen) atoms. The number of azide groups is 1. The summed E-state index contributed by atoms with van der Waals surface area (Å²) in [5.41, 5.74) is 20.3. The van der Waals surface area contributed by atoms with Gasteiger partial charge in [-0.15, -0.1) is 0 Å². The number of carbonyl (C=O) groups is 8. The first-order chi connectivity index (χ1) is 58.1. The minimum Gasteiger partial charge on any atom is -0.508 e. The van der Waals surface area contributed by atoms with Crippen molar-refractivity contribution in [3.05, 3.63) is 186 Å². The molecule has 0 saturated carbocycles. The third-order valence-corrected chi connectivity index (χ3v) is 22.5. The van der Waals surface area contributed by atoms with Gasteiger partial charge in [-0.1, -0.05) is 108 Å². The molecular weight excluding hydrogens is 1650 g/mol. The van der Waals surface area contributed by atoms with E-state index < -0.39 is 220 Å². The van der Waals surface area contributed by atoms with Crippen molar-refractivity contribution in [2.24, 2.45) is 22.5 Å². The van der Waals surface area contributed by atoms with Crippen LogP contribution in [0.3, 0.4) is 0 Å². The molecule has 21 N–H and O–H groups in total. The second kappa shape index (κ2) is 38.9. The van der Waals surface area contributed by atoms with Gasteiger partial charge >= 0.3 is 0 Å². The third-order valence-electron chi connectivity index (χ3n) is 21.7. The van der Waals surface area contributed by atoms with E-state index >= 15 is 24.0 Å². The number of phenols is 3. The van der Waals surface area contributed by atoms with Crippen molar-refractivity contribution in [3.63, 3.8) is 0 Å². The first-order valence-corrected chi connectivity index (χ1v) is 40.2. The van der Waals surface area contributed by atoms with Crippen molar-refractivity contribution >= 4 is 82.1 Å². The van der Waals surface area contributed by atoms with Crippen LogP contribution in [0.5, 0.6) is 46.0 Å². The van der Waals surface area contributed by atoms with Crippen LogP contribution in [0, 0.1) is 5.92 Å². The minimum atomic E-state index is -2.37. The number of fused-ring (bicyclic) bond motifs is 15. The van der Waals surface area contributed by atoms with Crippen molar-refractivity contribution in [1.82, 2.24) is 47.9 Å². The van der Waals surface area contributed by atoms with E-state index in [1.54, 1.807) is 26.0 Å². The zero-order valence-corrected chi connectivity index (χ0v) is 68.6. The number of halogens is 3. The first-order valence-electron chi connectivity index (χ1n) is 39.1. The lowest BCUT2D eigenvalue weighted by Gasteiger charge is -2.48. The smallest absolute Gasteiger partial charge is 0.248 e. The molecule has 10 unspecified atom stereocenters. The Morgan fingerprint density at radius 2 is 1.32 bits per heavy atom. The number of nitrogens with one attached hydrogen (secondary N) is 9. The Morgan fingerprint density at radius 3 is 1.94 bits per heavy atom. The van der Waals surface area contributed by atoms with Crippen molar-refractivity contribution in [3.8, 4) is 68.2 Å². The molecule has 18 atom stereocenters. The number of nitrogens with zero attached hydrogens (tertiary/aromatic N) is 3. The number of unbranched alkanes of at least 4 members (excludes halogenated alkanes) is 1. The summed E-state index contributed by atoms with van der Waals surface area (Å²) in [4.78, 5) is 123. The number of aliphatic hydroxyl groups excluding tert-OH is 5. The molecule has 2 saturated heterocycles. The average Bonchev–Trinajstić information content (AvgIpc) is 0.763. The molecule has 11 bridgehead atoms. The fraction of sp³-hybridized carbons (Fsp3) is 0.398. The zero-order chi connectivity index (χ0) is 87.9. The van der Waals surface area contributed by atoms with Crippen LogP contribution >= 0.6 is 34.8 Å². The highest BCUT2D eigenvalue weighted by Gasteiger charge is 2.52. The SMILES string of the molecule is CN[C@H](CC(C)C)C(=O)N[C@H]1C(=O)N[C@@H](CC(N)=O)C(=O)N[C@H]2C(=O)NC3C(=O)N[C@H](C(=O)N[C@@H](C(=O)NCCCCN)c4cc(O)cc(O)c4-c4cc3ccc4O)[C@H](O)c3ccc(c(Cl)c3)Oc3cc2cc(c3OC2OC(CN=[N+]=[N-])C(O)C(O)C2OC2CC(C)(NCc3ccc(-c4ccc(Cl)cc4)cc3)C(O)C(C)O2)Oc2ccc(cc2Cl)[C@H]1O. The van der Waals surface area contributed by atoms with Gasteiger partial charge in [-0.05, 0) is 169 Å². The van der Waals surface area contributed by atoms with Gasteiger partial charge < -0.3 is 129 Å². The maximum Gasteiger partial charge on any atom is 0.248 e. The normalized spacial score (nSPS) is 26.2. The van der Waals surface area contributed by atoms with Gasteiger partial charge in [0.1, 0.15) is 89.4 Å². The molecule has 36 nitrogen and oxygen atoms in total. The van der Waals surface area contributed by atoms with Crippen LogP contribution in [0.4, 0.5) is 0 Å². The topological polar surface area (TPSA) is 563 Å². The number of rotatable bonds is 22. The van der Waals surface area contributed by atoms with Crippen LogP contribution in [0.2, 0.25) is 15.1 Å². The fourth-order valence-electron chi connectivity index (χ4n) is 15.1. The number of amides is 8. The summed E-state index contributed by atoms with van der Waals surface area (Å²) in [5, 5.41) is 124. The average molecular weight is 1750 g/mol. The second-order valence-corrected chi connectivity index (χ2v) is 32.1. The molecular formula is C83H93Cl3N14O22. The monoisotopic (exact) mass is 1740 g/mol. The summed E-state index contributed by atoms with van der Waals surface area (Å²) >= 11 is 20.6. The maximum absolute atomic E-state index is 16.4. The molecule has 648 valence electrons. The van der Waals surface area contributed by atoms with Gasteiger partial charge in [0.2, 0.25) is 59.3 Å². The van der Waals surface area contributed by atoms with Crippen LogP contribution in [-0.4, -0.2) is 194 Å². The van der Waals surface area contributed by atoms with Crippen LogP contribution in [0.15, 0.2) is 133 Å². The van der Waals surface area contributed by atoms with E-state index in [1.165, 1.54) is 25.2 Å². The van der Waals surface area contributed by atoms with Gasteiger partial charge in [0.25, 0.3) is 0 Å². The third kappa shape index (κ3) is 20.4. The molecule has 14 rings (SSSR count). The number of hydrogen-bond acceptors (Lipinski definition) is 26. The number of hydrogen-bond donors (Lipinski definition) is 19. The molecule has 7 aliphatic rings. The number of benzene rings is 7. The number of ether oxygens (including phenoxy) is 6. The standard InChI is InChI=1S/C83H93Cl3N14O22/c1-36(2)24-51(90-5)75(110)98-66-68(105)42-15-20-55(49(85)26-42)118-57-28-44-29-58(72(57)122-82-73(71(108)70(107)59(120-82)35-93-100-89)121-61-33-83(4,74(109)37(3)117-61)92-34-38-8-10-39(11-9-38)40-12-17-45(84)18-13-40)119-56-21-16-43(27-50(56)86)69(106)67-81(116)97-65(77(112)91-23-7-6-22-87)48-30-46(101)31-54(103)62(48)47-25-41(14-19-53(47)102)63(78(113)99-67)96-79(114)64(44)95-76(111)52(32-60(88)104)94-80(66)115/h8-21,25-31,36-37,51-52,59,61,63-71,73-74,82,90,92,101-103,105-109H,6-7,22-24,32-35,87H2,1-5H3,(H2,88,104)(H,91,112)(H,94,115)(H,95,111)(H,96,114)(H,97,116)(H,98,110)(H,99,113)/t37?,51-,52+,59?,61?,63?,64-,65-,66-,67+,68-,69-,70?,71?,73?,74?,82?,83?/m1/s1. The summed E-state index contributed by atoms with van der Waals surface area (Å²) in [7, 11) is 1.48. The van der Waals surface area contributed by atoms with E-state index in [2.05, 4.69) is 57.9 Å². The Kier molecular flexibility index (Phi) is 28.7. The molecule has 39 heteroatoms. The van der Waals surface area contributed by atoms with E-state index in [4.69, 9.17) is 74.7 Å². The van der Waals surface area contributed by atoms with Gasteiger partial charge in [-0.2, -0.15) is 0 Å². The Bertz CT molecular complexity index is 5150. The van der Waals surface area contributed by atoms with E-state index in [-0.39, 0.29) is 82.7 Å². The fourth-order valence-corrected chi connectivity index (χ4v) is 15.7. The van der Waals surface area contributed by atoms with E-state index in [1.807, 2.05) is 50.2 Å². The summed E-state index contributed by atoms with van der Waals surface area (Å²) in [5.74, 6) is -14.7. The Morgan fingerprint density at radius 1 is 0.697 bits per heavy atom. The number of aliphatic hydroxyl groups is 5. The Hall–Kier alpha value is -11.2. The molecule has 7 heterocycles. The molecule has 0 spiro atoms. The van der Waals surface area contributed by atoms with E-state index in [9.17, 15) is 60.8 Å². The number of nitrogens with two attached hydrogens (primary N) is 2. The van der Waals surface area contributed by atoms with Gasteiger partial charge in [-0.3, -0.25) is 38.4 Å². The summed E-state index contributed by atoms with van der Waals surface area (Å²) < 4.78 is 40.0. The lowest BCUT2D eigenvalue weighted by molar-refractivity contribution is -0.331. The Labute approximate surface area is 713 Å². The van der Waals surface area contributed by atoms with Gasteiger partial charge in [0.15, 0.2) is 23.9 Å². The zero-order valence-electron chi connectivity index (χ0n) is 66.3. The Balaban J connectivity index is 1.05. The highest BCUT2D eigenvalue weighted by Crippen LogP contribution is 2.50. The molecule has 7 aromatic rings. The minimum absolute atomic E-state index is 0.0304. The first kappa shape index (κ1) is 90.1. The number of carbonyl (C=O) groups excluding carboxylic acids is 8. The predicted octanol–water partition coefficient (Wildman–Crippen LogP) is 5.35. The summed E-state index contributed by atoms with van der Waals surface area (Å²) in [6.07, 6.45) is -17.9. The summed E-state index contributed by atoms with van der Waals surface area (Å²) in [6, 6.07) is 15.2. The van der Waals surface area contributed by atoms with Gasteiger partial charge in [0.05, 0.1) is 47.4 Å². The lowest BCUT2D eigenvalue weighted by atomic mass is 9.84. The molecule has 7 aromatic carbocycles. The predicted molar refractivity (Wildman–Crippen MR) is 439 cm³/mol. The van der Waals surface area contributed by atoms with Crippen molar-refractivity contribution in [2.45, 2.75) is 176 Å². The van der Waals surface area contributed by atoms with Crippen LogP contribution in [0.1, 0.15) is 124 Å². The van der Waals surface area contributed by atoms with Crippen LogP contribution in [-0.2, 0) is 59.1 Å². The molecule has 0 radical (unpaired) electrons. The van der Waals surface area contributed by atoms with Gasteiger partial charge in [0, 0.05) is 52.2 Å².